The lowest BCUT2D eigenvalue weighted by Crippen LogP contribution is -1.93. The Bertz CT molecular complexity index is 271. The third-order valence-electron chi connectivity index (χ3n) is 1.96. The van der Waals surface area contributed by atoms with Crippen molar-refractivity contribution in [3.05, 3.63) is 35.4 Å². The lowest BCUT2D eigenvalue weighted by atomic mass is 10.0. The predicted molar refractivity (Wildman–Crippen MR) is 50.2 cm³/mol. The van der Waals surface area contributed by atoms with Crippen LogP contribution in [-0.2, 0) is 11.2 Å². The van der Waals surface area contributed by atoms with Gasteiger partial charge in [-0.05, 0) is 24.8 Å². The van der Waals surface area contributed by atoms with Gasteiger partial charge in [0.2, 0.25) is 6.29 Å². The number of benzene rings is 1. The lowest BCUT2D eigenvalue weighted by molar-refractivity contribution is 0.462. The molecule has 0 atom stereocenters. The first kappa shape index (κ1) is 9.90. The molecule has 0 aliphatic carbocycles. The summed E-state index contributed by atoms with van der Waals surface area (Å²) in [4.78, 5) is 10.5. The summed E-state index contributed by atoms with van der Waals surface area (Å²) in [5.74, 6) is 0. The summed E-state index contributed by atoms with van der Waals surface area (Å²) in [6.45, 7) is -0.285. The van der Waals surface area contributed by atoms with Gasteiger partial charge in [0.05, 0.1) is 6.67 Å². The van der Waals surface area contributed by atoms with Crippen LogP contribution in [0.4, 0.5) is 4.39 Å². The van der Waals surface area contributed by atoms with Gasteiger partial charge in [0, 0.05) is 5.56 Å². The Kier molecular flexibility index (Phi) is 4.16. The van der Waals surface area contributed by atoms with Crippen LogP contribution >= 0.6 is 0 Å². The van der Waals surface area contributed by atoms with Crippen LogP contribution in [0.1, 0.15) is 24.0 Å². The fraction of sp³-hybridized carbons (Fsp3) is 0.364. The summed E-state index contributed by atoms with van der Waals surface area (Å²) >= 11 is 0. The van der Waals surface area contributed by atoms with Crippen LogP contribution in [0.5, 0.6) is 0 Å². The highest BCUT2D eigenvalue weighted by molar-refractivity contribution is 5.77. The molecule has 0 unspecified atom stereocenters. The summed E-state index contributed by atoms with van der Waals surface area (Å²) in [6, 6.07) is 7.31. The van der Waals surface area contributed by atoms with E-state index in [1.807, 2.05) is 18.4 Å². The van der Waals surface area contributed by atoms with Gasteiger partial charge in [-0.15, -0.1) is 0 Å². The minimum atomic E-state index is -0.285. The highest BCUT2D eigenvalue weighted by Gasteiger charge is 2.00. The number of unbranched alkanes of at least 4 members (excludes halogenated alkanes) is 1. The second kappa shape index (κ2) is 5.46. The molecule has 0 amide bonds. The van der Waals surface area contributed by atoms with Crippen molar-refractivity contribution in [2.45, 2.75) is 19.3 Å². The van der Waals surface area contributed by atoms with Gasteiger partial charge in [-0.3, -0.25) is 9.18 Å². The summed E-state index contributed by atoms with van der Waals surface area (Å²) in [7, 11) is 0. The Hall–Kier alpha value is -1.18. The Morgan fingerprint density at radius 2 is 2.00 bits per heavy atom. The summed E-state index contributed by atoms with van der Waals surface area (Å²) < 4.78 is 11.8. The van der Waals surface area contributed by atoms with Crippen LogP contribution in [0, 0.1) is 0 Å². The smallest absolute Gasteiger partial charge is 0.233 e. The van der Waals surface area contributed by atoms with E-state index in [0.29, 0.717) is 12.0 Å². The zero-order valence-corrected chi connectivity index (χ0v) is 7.42. The van der Waals surface area contributed by atoms with Gasteiger partial charge >= 0.3 is 0 Å². The Labute approximate surface area is 77.6 Å². The van der Waals surface area contributed by atoms with Crippen LogP contribution in [0.3, 0.4) is 0 Å². The molecule has 13 heavy (non-hydrogen) atoms. The first-order valence-corrected chi connectivity index (χ1v) is 4.40. The SMILES string of the molecule is O=[C]c1ccccc1CCCCF. The second-order valence-corrected chi connectivity index (χ2v) is 2.91. The molecule has 1 radical (unpaired) electrons. The first-order valence-electron chi connectivity index (χ1n) is 4.40. The van der Waals surface area contributed by atoms with Crippen LogP contribution in [0.15, 0.2) is 24.3 Å². The van der Waals surface area contributed by atoms with E-state index in [9.17, 15) is 9.18 Å². The topological polar surface area (TPSA) is 17.1 Å². The monoisotopic (exact) mass is 179 g/mol. The molecule has 0 fully saturated rings. The summed E-state index contributed by atoms with van der Waals surface area (Å²) in [5.41, 5.74) is 1.56. The zero-order chi connectivity index (χ0) is 9.52. The van der Waals surface area contributed by atoms with Crippen molar-refractivity contribution in [2.75, 3.05) is 6.67 Å². The highest BCUT2D eigenvalue weighted by atomic mass is 19.1. The van der Waals surface area contributed by atoms with Crippen LogP contribution in [0.25, 0.3) is 0 Å². The molecule has 0 saturated heterocycles. The number of hydrogen-bond acceptors (Lipinski definition) is 1. The number of rotatable bonds is 5. The molecule has 0 aliphatic heterocycles. The second-order valence-electron chi connectivity index (χ2n) is 2.91. The number of alkyl halides is 1. The molecule has 69 valence electrons. The van der Waals surface area contributed by atoms with Gasteiger partial charge in [0.1, 0.15) is 0 Å². The molecule has 1 nitrogen and oxygen atoms in total. The average Bonchev–Trinajstić information content (AvgIpc) is 2.19. The maximum Gasteiger partial charge on any atom is 0.233 e. The Balaban J connectivity index is 2.59. The molecule has 1 rings (SSSR count). The van der Waals surface area contributed by atoms with E-state index in [0.717, 1.165) is 18.4 Å². The van der Waals surface area contributed by atoms with E-state index in [-0.39, 0.29) is 6.67 Å². The van der Waals surface area contributed by atoms with Crippen molar-refractivity contribution >= 4 is 6.29 Å². The fourth-order valence-corrected chi connectivity index (χ4v) is 1.25. The first-order chi connectivity index (χ1) is 6.38. The normalized spacial score (nSPS) is 9.92. The fourth-order valence-electron chi connectivity index (χ4n) is 1.25. The highest BCUT2D eigenvalue weighted by Crippen LogP contribution is 2.09. The molecular weight excluding hydrogens is 167 g/mol. The molecule has 0 bridgehead atoms. The molecule has 0 saturated carbocycles. The largest absolute Gasteiger partial charge is 0.285 e. The van der Waals surface area contributed by atoms with Gasteiger partial charge in [-0.1, -0.05) is 24.3 Å². The van der Waals surface area contributed by atoms with Crippen LogP contribution in [0.2, 0.25) is 0 Å². The van der Waals surface area contributed by atoms with Crippen molar-refractivity contribution in [1.82, 2.24) is 0 Å². The number of aryl methyl sites for hydroxylation is 1. The van der Waals surface area contributed by atoms with E-state index in [4.69, 9.17) is 0 Å². The summed E-state index contributed by atoms with van der Waals surface area (Å²) in [5, 5.41) is 0. The summed E-state index contributed by atoms with van der Waals surface area (Å²) in [6.07, 6.45) is 3.99. The van der Waals surface area contributed by atoms with E-state index in [1.165, 1.54) is 0 Å². The van der Waals surface area contributed by atoms with Gasteiger partial charge in [0.15, 0.2) is 0 Å². The quantitative estimate of drug-likeness (QED) is 0.634. The van der Waals surface area contributed by atoms with Gasteiger partial charge < -0.3 is 0 Å². The molecule has 0 aliphatic rings. The van der Waals surface area contributed by atoms with Crippen molar-refractivity contribution in [3.8, 4) is 0 Å². The number of carbonyl (C=O) groups excluding carboxylic acids is 1. The van der Waals surface area contributed by atoms with Crippen LogP contribution < -0.4 is 0 Å². The maximum absolute atomic E-state index is 11.8. The van der Waals surface area contributed by atoms with Crippen LogP contribution in [-0.4, -0.2) is 13.0 Å². The molecular formula is C11H12FO. The molecule has 0 spiro atoms. The zero-order valence-electron chi connectivity index (χ0n) is 7.42. The van der Waals surface area contributed by atoms with E-state index >= 15 is 0 Å². The minimum absolute atomic E-state index is 0.285. The van der Waals surface area contributed by atoms with E-state index in [2.05, 4.69) is 0 Å². The minimum Gasteiger partial charge on any atom is -0.285 e. The number of hydrogen-bond donors (Lipinski definition) is 0. The molecule has 2 heteroatoms. The molecule has 0 aromatic heterocycles. The van der Waals surface area contributed by atoms with E-state index in [1.54, 1.807) is 12.1 Å². The van der Waals surface area contributed by atoms with Gasteiger partial charge in [-0.2, -0.15) is 0 Å². The third-order valence-corrected chi connectivity index (χ3v) is 1.96. The standard InChI is InChI=1S/C11H12FO/c12-8-4-3-6-10-5-1-2-7-11(10)9-13/h1-2,5,7H,3-4,6,8H2. The van der Waals surface area contributed by atoms with Crippen molar-refractivity contribution in [2.24, 2.45) is 0 Å². The molecule has 0 N–H and O–H groups in total. The van der Waals surface area contributed by atoms with Gasteiger partial charge in [-0.25, -0.2) is 0 Å². The molecule has 0 heterocycles. The van der Waals surface area contributed by atoms with Crippen molar-refractivity contribution in [3.63, 3.8) is 0 Å². The Morgan fingerprint density at radius 3 is 2.69 bits per heavy atom. The number of halogens is 1. The van der Waals surface area contributed by atoms with Gasteiger partial charge in [0.25, 0.3) is 0 Å². The van der Waals surface area contributed by atoms with Crippen molar-refractivity contribution < 1.29 is 9.18 Å². The van der Waals surface area contributed by atoms with E-state index < -0.39 is 0 Å². The van der Waals surface area contributed by atoms with Crippen molar-refractivity contribution in [1.29, 1.82) is 0 Å². The third kappa shape index (κ3) is 2.98. The Morgan fingerprint density at radius 1 is 1.23 bits per heavy atom. The molecule has 1 aromatic rings. The average molecular weight is 179 g/mol. The predicted octanol–water partition coefficient (Wildman–Crippen LogP) is 2.44. The lowest BCUT2D eigenvalue weighted by Gasteiger charge is -2.01. The maximum atomic E-state index is 11.8. The molecule has 1 aromatic carbocycles.